The molecular formula is C13H32N2+2. The van der Waals surface area contributed by atoms with E-state index in [2.05, 4.69) is 27.7 Å². The molecule has 0 bridgehead atoms. The summed E-state index contributed by atoms with van der Waals surface area (Å²) in [6.45, 7) is 15.9. The number of quaternary nitrogens is 2. The first kappa shape index (κ1) is 14.9. The summed E-state index contributed by atoms with van der Waals surface area (Å²) in [4.78, 5) is 3.61. The third-order valence-electron chi connectivity index (χ3n) is 2.91. The van der Waals surface area contributed by atoms with Crippen LogP contribution in [0.3, 0.4) is 0 Å². The molecule has 0 unspecified atom stereocenters. The predicted molar refractivity (Wildman–Crippen MR) is 67.4 cm³/mol. The van der Waals surface area contributed by atoms with Crippen molar-refractivity contribution >= 4 is 0 Å². The first-order valence-electron chi connectivity index (χ1n) is 6.95. The zero-order valence-corrected chi connectivity index (χ0v) is 11.4. The van der Waals surface area contributed by atoms with E-state index in [-0.39, 0.29) is 0 Å². The third-order valence-corrected chi connectivity index (χ3v) is 2.91. The fourth-order valence-electron chi connectivity index (χ4n) is 2.37. The van der Waals surface area contributed by atoms with Crippen molar-refractivity contribution in [3.05, 3.63) is 0 Å². The van der Waals surface area contributed by atoms with Crippen molar-refractivity contribution in [1.82, 2.24) is 0 Å². The van der Waals surface area contributed by atoms with Crippen molar-refractivity contribution in [3.8, 4) is 0 Å². The lowest BCUT2D eigenvalue weighted by atomic mass is 10.3. The molecule has 0 atom stereocenters. The van der Waals surface area contributed by atoms with E-state index in [4.69, 9.17) is 0 Å². The van der Waals surface area contributed by atoms with Crippen molar-refractivity contribution < 1.29 is 9.80 Å². The number of hydrogen-bond acceptors (Lipinski definition) is 0. The molecule has 0 aromatic rings. The first-order valence-corrected chi connectivity index (χ1v) is 6.95. The van der Waals surface area contributed by atoms with Crippen molar-refractivity contribution in [1.29, 1.82) is 0 Å². The van der Waals surface area contributed by atoms with E-state index >= 15 is 0 Å². The lowest BCUT2D eigenvalue weighted by molar-refractivity contribution is -1.09. The lowest BCUT2D eigenvalue weighted by Gasteiger charge is -2.24. The molecule has 0 aliphatic rings. The first-order chi connectivity index (χ1) is 7.28. The van der Waals surface area contributed by atoms with E-state index in [1.54, 1.807) is 9.80 Å². The van der Waals surface area contributed by atoms with Crippen molar-refractivity contribution in [3.63, 3.8) is 0 Å². The second-order valence-corrected chi connectivity index (χ2v) is 4.68. The summed E-state index contributed by atoms with van der Waals surface area (Å²) in [5.41, 5.74) is 0. The van der Waals surface area contributed by atoms with Crippen LogP contribution in [-0.4, -0.2) is 32.8 Å². The van der Waals surface area contributed by atoms with Gasteiger partial charge in [0.05, 0.1) is 26.2 Å². The van der Waals surface area contributed by atoms with E-state index < -0.39 is 0 Å². The molecule has 0 saturated carbocycles. The molecule has 0 aliphatic carbocycles. The highest BCUT2D eigenvalue weighted by Gasteiger charge is 2.14. The zero-order chi connectivity index (χ0) is 11.5. The van der Waals surface area contributed by atoms with Crippen LogP contribution < -0.4 is 9.80 Å². The summed E-state index contributed by atoms with van der Waals surface area (Å²) in [7, 11) is 0. The van der Waals surface area contributed by atoms with Gasteiger partial charge in [0.15, 0.2) is 0 Å². The van der Waals surface area contributed by atoms with Gasteiger partial charge in [0.1, 0.15) is 0 Å². The van der Waals surface area contributed by atoms with Gasteiger partial charge in [-0.05, 0) is 25.7 Å². The van der Waals surface area contributed by atoms with Gasteiger partial charge in [-0.1, -0.05) is 27.7 Å². The lowest BCUT2D eigenvalue weighted by Crippen LogP contribution is -3.31. The number of nitrogens with one attached hydrogen (secondary N) is 2. The second-order valence-electron chi connectivity index (χ2n) is 4.68. The Kier molecular flexibility index (Phi) is 10.4. The Morgan fingerprint density at radius 2 is 0.800 bits per heavy atom. The molecule has 0 heterocycles. The van der Waals surface area contributed by atoms with E-state index in [9.17, 15) is 0 Å². The maximum Gasteiger partial charge on any atom is 0.204 e. The molecule has 0 radical (unpaired) electrons. The zero-order valence-electron chi connectivity index (χ0n) is 11.4. The van der Waals surface area contributed by atoms with Gasteiger partial charge in [-0.25, -0.2) is 0 Å². The fourth-order valence-corrected chi connectivity index (χ4v) is 2.37. The van der Waals surface area contributed by atoms with E-state index in [1.807, 2.05) is 0 Å². The van der Waals surface area contributed by atoms with Crippen LogP contribution in [0.15, 0.2) is 0 Å². The molecule has 0 aromatic heterocycles. The smallest absolute Gasteiger partial charge is 0.204 e. The normalized spacial score (nSPS) is 11.6. The quantitative estimate of drug-likeness (QED) is 0.488. The molecule has 2 nitrogen and oxygen atoms in total. The van der Waals surface area contributed by atoms with Crippen LogP contribution in [0.5, 0.6) is 0 Å². The topological polar surface area (TPSA) is 8.88 Å². The van der Waals surface area contributed by atoms with Crippen LogP contribution in [0, 0.1) is 0 Å². The van der Waals surface area contributed by atoms with Gasteiger partial charge in [-0.15, -0.1) is 0 Å². The molecule has 92 valence electrons. The minimum Gasteiger partial charge on any atom is -0.289 e. The minimum absolute atomic E-state index is 1.32. The Balaban J connectivity index is 3.93. The van der Waals surface area contributed by atoms with Crippen molar-refractivity contribution in [2.45, 2.75) is 53.4 Å². The summed E-state index contributed by atoms with van der Waals surface area (Å²) in [6, 6.07) is 0. The molecule has 0 spiro atoms. The summed E-state index contributed by atoms with van der Waals surface area (Å²) >= 11 is 0. The highest BCUT2D eigenvalue weighted by atomic mass is 15.3. The van der Waals surface area contributed by atoms with Gasteiger partial charge in [0.25, 0.3) is 0 Å². The minimum atomic E-state index is 1.32. The van der Waals surface area contributed by atoms with Crippen LogP contribution in [-0.2, 0) is 0 Å². The molecule has 0 amide bonds. The molecule has 0 aromatic carbocycles. The Labute approximate surface area is 96.6 Å². The predicted octanol–water partition coefficient (Wildman–Crippen LogP) is 0.354. The van der Waals surface area contributed by atoms with Gasteiger partial charge in [-0.3, -0.25) is 9.80 Å². The molecule has 15 heavy (non-hydrogen) atoms. The van der Waals surface area contributed by atoms with E-state index in [0.717, 1.165) is 0 Å². The van der Waals surface area contributed by atoms with Crippen LogP contribution in [0.2, 0.25) is 0 Å². The Morgan fingerprint density at radius 3 is 1.00 bits per heavy atom. The third kappa shape index (κ3) is 7.80. The molecule has 0 fully saturated rings. The monoisotopic (exact) mass is 216 g/mol. The SMILES string of the molecule is CCC[NH+](CCC)C[NH+](CCC)CCC. The van der Waals surface area contributed by atoms with E-state index in [0.29, 0.717) is 0 Å². The van der Waals surface area contributed by atoms with Crippen LogP contribution in [0.1, 0.15) is 53.4 Å². The van der Waals surface area contributed by atoms with Crippen LogP contribution in [0.25, 0.3) is 0 Å². The average molecular weight is 216 g/mol. The molecule has 0 aliphatic heterocycles. The van der Waals surface area contributed by atoms with Crippen LogP contribution >= 0.6 is 0 Å². The van der Waals surface area contributed by atoms with Gasteiger partial charge in [0.2, 0.25) is 6.67 Å². The maximum atomic E-state index is 2.30. The average Bonchev–Trinajstić information content (AvgIpc) is 2.19. The van der Waals surface area contributed by atoms with Gasteiger partial charge < -0.3 is 0 Å². The summed E-state index contributed by atoms with van der Waals surface area (Å²) < 4.78 is 0. The molecule has 0 rings (SSSR count). The van der Waals surface area contributed by atoms with Gasteiger partial charge in [0, 0.05) is 0 Å². The van der Waals surface area contributed by atoms with Crippen LogP contribution in [0.4, 0.5) is 0 Å². The highest BCUT2D eigenvalue weighted by molar-refractivity contribution is 4.28. The summed E-state index contributed by atoms with van der Waals surface area (Å²) in [6.07, 6.45) is 5.28. The van der Waals surface area contributed by atoms with Gasteiger partial charge in [-0.2, -0.15) is 0 Å². The summed E-state index contributed by atoms with van der Waals surface area (Å²) in [5, 5.41) is 0. The van der Waals surface area contributed by atoms with E-state index in [1.165, 1.54) is 58.5 Å². The van der Waals surface area contributed by atoms with Crippen molar-refractivity contribution in [2.75, 3.05) is 32.8 Å². The highest BCUT2D eigenvalue weighted by Crippen LogP contribution is 1.70. The Hall–Kier alpha value is -0.0800. The molecule has 0 saturated heterocycles. The number of rotatable bonds is 10. The Bertz CT molecular complexity index is 99.7. The standard InChI is InChI=1S/C13H30N2/c1-5-9-14(10-6-2)13-15(11-7-3)12-8-4/h5-13H2,1-4H3/p+2. The molecule has 2 heteroatoms. The summed E-state index contributed by atoms with van der Waals surface area (Å²) in [5.74, 6) is 0. The fraction of sp³-hybridized carbons (Fsp3) is 1.00. The van der Waals surface area contributed by atoms with Gasteiger partial charge >= 0.3 is 0 Å². The second kappa shape index (κ2) is 10.4. The molecular weight excluding hydrogens is 184 g/mol. The number of hydrogen-bond donors (Lipinski definition) is 2. The molecule has 2 N–H and O–H groups in total. The maximum absolute atomic E-state index is 2.30. The Morgan fingerprint density at radius 1 is 0.533 bits per heavy atom. The van der Waals surface area contributed by atoms with Crippen molar-refractivity contribution in [2.24, 2.45) is 0 Å². The largest absolute Gasteiger partial charge is 0.289 e.